The second kappa shape index (κ2) is 8.88. The van der Waals surface area contributed by atoms with Crippen LogP contribution in [-0.2, 0) is 11.3 Å². The number of rotatable bonds is 8. The molecule has 0 saturated heterocycles. The van der Waals surface area contributed by atoms with E-state index in [0.29, 0.717) is 12.0 Å². The highest BCUT2D eigenvalue weighted by Gasteiger charge is 2.19. The Labute approximate surface area is 152 Å². The molecule has 27 heavy (non-hydrogen) atoms. The van der Waals surface area contributed by atoms with Crippen LogP contribution in [0.15, 0.2) is 47.4 Å². The van der Waals surface area contributed by atoms with Gasteiger partial charge in [-0.2, -0.15) is 8.78 Å². The Balaban J connectivity index is 2.18. The minimum atomic E-state index is -3.01. The molecule has 8 nitrogen and oxygen atoms in total. The fourth-order valence-corrected chi connectivity index (χ4v) is 2.52. The van der Waals surface area contributed by atoms with E-state index in [1.807, 2.05) is 0 Å². The summed E-state index contributed by atoms with van der Waals surface area (Å²) in [6.07, 6.45) is 1.34. The molecule has 10 heteroatoms. The number of hydrogen-bond donors (Lipinski definition) is 1. The predicted octanol–water partition coefficient (Wildman–Crippen LogP) is 2.63. The monoisotopic (exact) mass is 381 g/mol. The van der Waals surface area contributed by atoms with E-state index in [0.717, 1.165) is 22.9 Å². The fourth-order valence-electron chi connectivity index (χ4n) is 2.52. The lowest BCUT2D eigenvalue weighted by Crippen LogP contribution is -2.34. The Morgan fingerprint density at radius 3 is 2.63 bits per heavy atom. The zero-order valence-electron chi connectivity index (χ0n) is 14.3. The molecule has 0 fully saturated rings. The molecule has 1 unspecified atom stereocenters. The second-order valence-corrected chi connectivity index (χ2v) is 5.56. The molecular formula is C17H17F2N3O5. The number of aromatic nitrogens is 1. The zero-order chi connectivity index (χ0) is 20.0. The minimum Gasteiger partial charge on any atom is -0.434 e. The number of carbonyl (C=O) groups is 1. The molecule has 1 N–H and O–H groups in total. The van der Waals surface area contributed by atoms with Gasteiger partial charge >= 0.3 is 6.61 Å². The summed E-state index contributed by atoms with van der Waals surface area (Å²) in [7, 11) is 0. The van der Waals surface area contributed by atoms with Gasteiger partial charge in [0, 0.05) is 17.7 Å². The Morgan fingerprint density at radius 2 is 2.00 bits per heavy atom. The lowest BCUT2D eigenvalue weighted by molar-refractivity contribution is -0.385. The van der Waals surface area contributed by atoms with Crippen LogP contribution in [0.4, 0.5) is 14.5 Å². The van der Waals surface area contributed by atoms with E-state index in [-0.39, 0.29) is 11.4 Å². The molecule has 1 aromatic carbocycles. The maximum atomic E-state index is 12.6. The van der Waals surface area contributed by atoms with Gasteiger partial charge in [0.2, 0.25) is 5.91 Å². The van der Waals surface area contributed by atoms with Gasteiger partial charge in [0.15, 0.2) is 0 Å². The molecular weight excluding hydrogens is 364 g/mol. The number of amides is 1. The van der Waals surface area contributed by atoms with Gasteiger partial charge in [-0.05, 0) is 12.5 Å². The number of pyridine rings is 1. The summed E-state index contributed by atoms with van der Waals surface area (Å²) in [5, 5.41) is 13.4. The number of hydrogen-bond acceptors (Lipinski definition) is 5. The zero-order valence-corrected chi connectivity index (χ0v) is 14.3. The molecule has 0 bridgehead atoms. The Kier molecular flexibility index (Phi) is 6.58. The molecule has 0 spiro atoms. The molecule has 0 aliphatic carbocycles. The Bertz CT molecular complexity index is 885. The van der Waals surface area contributed by atoms with E-state index >= 15 is 0 Å². The van der Waals surface area contributed by atoms with E-state index in [9.17, 15) is 28.5 Å². The van der Waals surface area contributed by atoms with Crippen LogP contribution in [0.25, 0.3) is 0 Å². The molecule has 0 aliphatic rings. The molecule has 1 aromatic heterocycles. The van der Waals surface area contributed by atoms with Crippen molar-refractivity contribution in [3.05, 3.63) is 68.6 Å². The first-order valence-corrected chi connectivity index (χ1v) is 7.99. The van der Waals surface area contributed by atoms with E-state index in [1.165, 1.54) is 12.1 Å². The van der Waals surface area contributed by atoms with E-state index < -0.39 is 35.6 Å². The van der Waals surface area contributed by atoms with Crippen molar-refractivity contribution in [2.45, 2.75) is 32.5 Å². The highest BCUT2D eigenvalue weighted by atomic mass is 19.3. The Hall–Kier alpha value is -3.30. The van der Waals surface area contributed by atoms with Gasteiger partial charge in [0.1, 0.15) is 12.3 Å². The van der Waals surface area contributed by atoms with Crippen LogP contribution in [0.2, 0.25) is 0 Å². The maximum Gasteiger partial charge on any atom is 0.387 e. The summed E-state index contributed by atoms with van der Waals surface area (Å²) in [5.74, 6) is -0.663. The van der Waals surface area contributed by atoms with Gasteiger partial charge in [-0.15, -0.1) is 0 Å². The maximum absolute atomic E-state index is 12.6. The number of nitro groups is 1. The van der Waals surface area contributed by atoms with Crippen LogP contribution >= 0.6 is 0 Å². The third-order valence-corrected chi connectivity index (χ3v) is 3.75. The molecule has 0 saturated carbocycles. The first kappa shape index (κ1) is 20.0. The number of halogens is 2. The van der Waals surface area contributed by atoms with Crippen LogP contribution in [-0.4, -0.2) is 22.0 Å². The number of para-hydroxylation sites is 1. The lowest BCUT2D eigenvalue weighted by atomic mass is 10.0. The largest absolute Gasteiger partial charge is 0.434 e. The fraction of sp³-hybridized carbons (Fsp3) is 0.294. The molecule has 0 radical (unpaired) electrons. The number of carbonyl (C=O) groups excluding carboxylic acids is 1. The molecule has 144 valence electrons. The molecule has 2 rings (SSSR count). The van der Waals surface area contributed by atoms with Gasteiger partial charge in [0.25, 0.3) is 11.2 Å². The van der Waals surface area contributed by atoms with Gasteiger partial charge in [-0.1, -0.05) is 25.1 Å². The van der Waals surface area contributed by atoms with Gasteiger partial charge in [-0.3, -0.25) is 24.3 Å². The average Bonchev–Trinajstić information content (AvgIpc) is 2.61. The molecule has 1 atom stereocenters. The highest BCUT2D eigenvalue weighted by molar-refractivity contribution is 5.76. The lowest BCUT2D eigenvalue weighted by Gasteiger charge is -2.20. The molecule has 1 amide bonds. The van der Waals surface area contributed by atoms with Crippen molar-refractivity contribution >= 4 is 11.6 Å². The summed E-state index contributed by atoms with van der Waals surface area (Å²) in [4.78, 5) is 34.2. The number of nitrogens with zero attached hydrogens (tertiary/aromatic N) is 2. The smallest absolute Gasteiger partial charge is 0.387 e. The first-order valence-electron chi connectivity index (χ1n) is 7.99. The summed E-state index contributed by atoms with van der Waals surface area (Å²) in [5.41, 5.74) is -0.546. The highest BCUT2D eigenvalue weighted by Crippen LogP contribution is 2.28. The van der Waals surface area contributed by atoms with Crippen LogP contribution in [0.3, 0.4) is 0 Å². The van der Waals surface area contributed by atoms with Crippen molar-refractivity contribution in [1.82, 2.24) is 9.88 Å². The summed E-state index contributed by atoms with van der Waals surface area (Å²) in [6, 6.07) is 7.46. The standard InChI is InChI=1S/C17H17F2N3O5/c1-2-13(12-5-3-4-6-14(12)27-17(18)19)20-15(23)10-21-9-11(22(25)26)7-8-16(21)24/h3-9,13,17H,2,10H2,1H3,(H,20,23). The molecule has 2 aromatic rings. The third-order valence-electron chi connectivity index (χ3n) is 3.75. The number of ether oxygens (including phenoxy) is 1. The van der Waals surface area contributed by atoms with Crippen LogP contribution < -0.4 is 15.6 Å². The van der Waals surface area contributed by atoms with Gasteiger partial charge in [-0.25, -0.2) is 0 Å². The first-order chi connectivity index (χ1) is 12.8. The summed E-state index contributed by atoms with van der Waals surface area (Å²) in [6.45, 7) is -1.72. The van der Waals surface area contributed by atoms with E-state index in [2.05, 4.69) is 10.1 Å². The van der Waals surface area contributed by atoms with Crippen LogP contribution in [0, 0.1) is 10.1 Å². The quantitative estimate of drug-likeness (QED) is 0.559. The van der Waals surface area contributed by atoms with Crippen molar-refractivity contribution < 1.29 is 23.2 Å². The number of alkyl halides is 2. The topological polar surface area (TPSA) is 103 Å². The van der Waals surface area contributed by atoms with Crippen molar-refractivity contribution in [2.24, 2.45) is 0 Å². The predicted molar refractivity (Wildman–Crippen MR) is 91.6 cm³/mol. The van der Waals surface area contributed by atoms with E-state index in [1.54, 1.807) is 19.1 Å². The van der Waals surface area contributed by atoms with Gasteiger partial charge < -0.3 is 10.1 Å². The minimum absolute atomic E-state index is 0.0628. The second-order valence-electron chi connectivity index (χ2n) is 5.56. The average molecular weight is 381 g/mol. The molecule has 0 aliphatic heterocycles. The van der Waals surface area contributed by atoms with Gasteiger partial charge in [0.05, 0.1) is 17.2 Å². The third kappa shape index (κ3) is 5.33. The van der Waals surface area contributed by atoms with Crippen molar-refractivity contribution in [1.29, 1.82) is 0 Å². The number of nitrogens with one attached hydrogen (secondary N) is 1. The molecule has 1 heterocycles. The van der Waals surface area contributed by atoms with E-state index in [4.69, 9.17) is 0 Å². The van der Waals surface area contributed by atoms with Crippen molar-refractivity contribution in [2.75, 3.05) is 0 Å². The van der Waals surface area contributed by atoms with Crippen molar-refractivity contribution in [3.8, 4) is 5.75 Å². The summed E-state index contributed by atoms with van der Waals surface area (Å²) < 4.78 is 30.5. The van der Waals surface area contributed by atoms with Crippen LogP contribution in [0.1, 0.15) is 24.9 Å². The Morgan fingerprint density at radius 1 is 1.30 bits per heavy atom. The SMILES string of the molecule is CCC(NC(=O)Cn1cc([N+](=O)[O-])ccc1=O)c1ccccc1OC(F)F. The van der Waals surface area contributed by atoms with Crippen LogP contribution in [0.5, 0.6) is 5.75 Å². The van der Waals surface area contributed by atoms with Crippen molar-refractivity contribution in [3.63, 3.8) is 0 Å². The summed E-state index contributed by atoms with van der Waals surface area (Å²) >= 11 is 0. The normalized spacial score (nSPS) is 11.9. The number of benzene rings is 1.